The van der Waals surface area contributed by atoms with Gasteiger partial charge in [-0.1, -0.05) is 48.0 Å². The van der Waals surface area contributed by atoms with E-state index in [-0.39, 0.29) is 0 Å². The zero-order chi connectivity index (χ0) is 17.8. The molecule has 2 aromatic rings. The van der Waals surface area contributed by atoms with E-state index < -0.39 is 0 Å². The number of aromatic nitrogens is 2. The number of nitrogens with one attached hydrogen (secondary N) is 2. The number of benzene rings is 1. The molecule has 1 fully saturated rings. The maximum atomic E-state index is 6.42. The Balaban J connectivity index is 1.61. The van der Waals surface area contributed by atoms with E-state index in [2.05, 4.69) is 58.1 Å². The molecule has 26 heavy (non-hydrogen) atoms. The Morgan fingerprint density at radius 2 is 1.96 bits per heavy atom. The number of allylic oxidation sites excluding steroid dienone is 4. The number of nitrogens with zero attached hydrogens (tertiary/aromatic N) is 2. The van der Waals surface area contributed by atoms with Crippen molar-refractivity contribution in [1.82, 2.24) is 15.3 Å². The molecule has 0 unspecified atom stereocenters. The van der Waals surface area contributed by atoms with Gasteiger partial charge >= 0.3 is 0 Å². The molecule has 1 aliphatic carbocycles. The molecular formula is C21H23ClN4. The van der Waals surface area contributed by atoms with Gasteiger partial charge in [0, 0.05) is 11.6 Å². The molecule has 2 N–H and O–H groups in total. The number of piperidine rings is 1. The van der Waals surface area contributed by atoms with Gasteiger partial charge in [0.1, 0.15) is 0 Å². The highest BCUT2D eigenvalue weighted by Crippen LogP contribution is 2.30. The predicted molar refractivity (Wildman–Crippen MR) is 108 cm³/mol. The maximum Gasteiger partial charge on any atom is 0.223 e. The third-order valence-corrected chi connectivity index (χ3v) is 5.16. The Kier molecular flexibility index (Phi) is 5.32. The Labute approximate surface area is 159 Å². The molecule has 4 rings (SSSR count). The summed E-state index contributed by atoms with van der Waals surface area (Å²) in [6.07, 6.45) is 12.8. The van der Waals surface area contributed by atoms with Gasteiger partial charge in [0.2, 0.25) is 5.95 Å². The minimum atomic E-state index is 0.411. The van der Waals surface area contributed by atoms with Gasteiger partial charge in [-0.3, -0.25) is 0 Å². The lowest BCUT2D eigenvalue weighted by atomic mass is 9.97. The van der Waals surface area contributed by atoms with E-state index in [1.807, 2.05) is 0 Å². The minimum absolute atomic E-state index is 0.411. The Morgan fingerprint density at radius 1 is 1.12 bits per heavy atom. The summed E-state index contributed by atoms with van der Waals surface area (Å²) < 4.78 is 0. The summed E-state index contributed by atoms with van der Waals surface area (Å²) >= 11 is 6.42. The van der Waals surface area contributed by atoms with Crippen molar-refractivity contribution in [2.45, 2.75) is 31.7 Å². The highest BCUT2D eigenvalue weighted by atomic mass is 35.5. The van der Waals surface area contributed by atoms with Crippen molar-refractivity contribution in [2.24, 2.45) is 0 Å². The summed E-state index contributed by atoms with van der Waals surface area (Å²) in [6, 6.07) is 8.82. The van der Waals surface area contributed by atoms with Gasteiger partial charge < -0.3 is 10.6 Å². The van der Waals surface area contributed by atoms with Crippen LogP contribution in [0.3, 0.4) is 0 Å². The SMILES string of the molecule is Clc1cnc(NC2CCNCC2)nc1-c1cccc(C2=CCCC=C2)c1. The lowest BCUT2D eigenvalue weighted by molar-refractivity contribution is 0.477. The van der Waals surface area contributed by atoms with Crippen molar-refractivity contribution in [2.75, 3.05) is 18.4 Å². The summed E-state index contributed by atoms with van der Waals surface area (Å²) in [5.74, 6) is 0.651. The first-order valence-electron chi connectivity index (χ1n) is 9.27. The molecule has 0 radical (unpaired) electrons. The number of rotatable bonds is 4. The van der Waals surface area contributed by atoms with Crippen LogP contribution < -0.4 is 10.6 Å². The molecule has 134 valence electrons. The smallest absolute Gasteiger partial charge is 0.223 e. The van der Waals surface area contributed by atoms with Crippen LogP contribution >= 0.6 is 11.6 Å². The minimum Gasteiger partial charge on any atom is -0.351 e. The summed E-state index contributed by atoms with van der Waals surface area (Å²) in [7, 11) is 0. The average Bonchev–Trinajstić information content (AvgIpc) is 2.71. The second kappa shape index (κ2) is 8.02. The molecule has 0 amide bonds. The largest absolute Gasteiger partial charge is 0.351 e. The molecule has 0 spiro atoms. The van der Waals surface area contributed by atoms with Crippen molar-refractivity contribution in [1.29, 1.82) is 0 Å². The van der Waals surface area contributed by atoms with Gasteiger partial charge in [0.25, 0.3) is 0 Å². The van der Waals surface area contributed by atoms with Crippen LogP contribution in [0.1, 0.15) is 31.2 Å². The number of halogens is 1. The normalized spacial score (nSPS) is 17.8. The lowest BCUT2D eigenvalue weighted by Gasteiger charge is -2.23. The molecule has 4 nitrogen and oxygen atoms in total. The van der Waals surface area contributed by atoms with Crippen molar-refractivity contribution < 1.29 is 0 Å². The van der Waals surface area contributed by atoms with Gasteiger partial charge in [-0.25, -0.2) is 9.97 Å². The molecule has 2 heterocycles. The van der Waals surface area contributed by atoms with Crippen LogP contribution in [-0.4, -0.2) is 29.1 Å². The number of hydrogen-bond acceptors (Lipinski definition) is 4. The average molecular weight is 367 g/mol. The Morgan fingerprint density at radius 3 is 2.77 bits per heavy atom. The van der Waals surface area contributed by atoms with Gasteiger partial charge in [0.05, 0.1) is 16.9 Å². The molecule has 1 aromatic carbocycles. The van der Waals surface area contributed by atoms with Crippen LogP contribution in [0.25, 0.3) is 16.8 Å². The van der Waals surface area contributed by atoms with Crippen LogP contribution in [0.5, 0.6) is 0 Å². The van der Waals surface area contributed by atoms with Crippen LogP contribution in [-0.2, 0) is 0 Å². The first-order chi connectivity index (χ1) is 12.8. The summed E-state index contributed by atoms with van der Waals surface area (Å²) in [5, 5.41) is 7.40. The van der Waals surface area contributed by atoms with Crippen LogP contribution in [0.2, 0.25) is 5.02 Å². The van der Waals surface area contributed by atoms with Crippen molar-refractivity contribution >= 4 is 23.1 Å². The van der Waals surface area contributed by atoms with Crippen LogP contribution in [0.4, 0.5) is 5.95 Å². The molecule has 0 saturated carbocycles. The molecule has 5 heteroatoms. The van der Waals surface area contributed by atoms with Gasteiger partial charge in [-0.05, 0) is 56.0 Å². The predicted octanol–water partition coefficient (Wildman–Crippen LogP) is 4.69. The quantitative estimate of drug-likeness (QED) is 0.823. The second-order valence-electron chi connectivity index (χ2n) is 6.78. The molecule has 1 aromatic heterocycles. The van der Waals surface area contributed by atoms with Crippen molar-refractivity contribution in [3.05, 3.63) is 59.3 Å². The van der Waals surface area contributed by atoms with Crippen molar-refractivity contribution in [3.8, 4) is 11.3 Å². The topological polar surface area (TPSA) is 49.8 Å². The van der Waals surface area contributed by atoms with E-state index >= 15 is 0 Å². The molecule has 1 aliphatic heterocycles. The van der Waals surface area contributed by atoms with E-state index in [1.165, 1.54) is 11.1 Å². The lowest BCUT2D eigenvalue weighted by Crippen LogP contribution is -2.35. The van der Waals surface area contributed by atoms with Gasteiger partial charge in [-0.2, -0.15) is 0 Å². The molecule has 0 atom stereocenters. The molecular weight excluding hydrogens is 344 g/mol. The first-order valence-corrected chi connectivity index (χ1v) is 9.65. The van der Waals surface area contributed by atoms with E-state index in [4.69, 9.17) is 16.6 Å². The highest BCUT2D eigenvalue weighted by molar-refractivity contribution is 6.32. The maximum absolute atomic E-state index is 6.42. The second-order valence-corrected chi connectivity index (χ2v) is 7.19. The Bertz CT molecular complexity index is 838. The number of hydrogen-bond donors (Lipinski definition) is 2. The standard InChI is InChI=1S/C21H23ClN4/c22-19-14-24-21(25-18-9-11-23-12-10-18)26-20(19)17-8-4-7-16(13-17)15-5-2-1-3-6-15/h2,4-8,13-14,18,23H,1,3,9-12H2,(H,24,25,26). The first kappa shape index (κ1) is 17.3. The molecule has 0 bridgehead atoms. The number of anilines is 1. The van der Waals surface area contributed by atoms with E-state index in [0.717, 1.165) is 50.0 Å². The zero-order valence-electron chi connectivity index (χ0n) is 14.7. The monoisotopic (exact) mass is 366 g/mol. The van der Waals surface area contributed by atoms with Crippen LogP contribution in [0, 0.1) is 0 Å². The highest BCUT2D eigenvalue weighted by Gasteiger charge is 2.15. The fourth-order valence-corrected chi connectivity index (χ4v) is 3.66. The van der Waals surface area contributed by atoms with Gasteiger partial charge in [0.15, 0.2) is 0 Å². The molecule has 1 saturated heterocycles. The van der Waals surface area contributed by atoms with E-state index in [1.54, 1.807) is 6.20 Å². The summed E-state index contributed by atoms with van der Waals surface area (Å²) in [5.41, 5.74) is 4.25. The fourth-order valence-electron chi connectivity index (χ4n) is 3.46. The third-order valence-electron chi connectivity index (χ3n) is 4.88. The van der Waals surface area contributed by atoms with E-state index in [0.29, 0.717) is 17.0 Å². The molecule has 2 aliphatic rings. The summed E-state index contributed by atoms with van der Waals surface area (Å²) in [4.78, 5) is 9.08. The fraction of sp³-hybridized carbons (Fsp3) is 0.333. The zero-order valence-corrected chi connectivity index (χ0v) is 15.5. The van der Waals surface area contributed by atoms with E-state index in [9.17, 15) is 0 Å². The van der Waals surface area contributed by atoms with Gasteiger partial charge in [-0.15, -0.1) is 0 Å². The third kappa shape index (κ3) is 3.97. The van der Waals surface area contributed by atoms with Crippen molar-refractivity contribution in [3.63, 3.8) is 0 Å². The summed E-state index contributed by atoms with van der Waals surface area (Å²) in [6.45, 7) is 2.06. The van der Waals surface area contributed by atoms with Crippen LogP contribution in [0.15, 0.2) is 48.7 Å². The Hall–Kier alpha value is -2.17.